The number of carboxylic acids is 1. The van der Waals surface area contributed by atoms with Gasteiger partial charge in [-0.2, -0.15) is 0 Å². The molecule has 108 valence electrons. The summed E-state index contributed by atoms with van der Waals surface area (Å²) in [5.41, 5.74) is 0.917. The van der Waals surface area contributed by atoms with Crippen molar-refractivity contribution < 1.29 is 24.2 Å². The van der Waals surface area contributed by atoms with Crippen LogP contribution in [0.5, 0.6) is 0 Å². The van der Waals surface area contributed by atoms with Gasteiger partial charge in [0.2, 0.25) is 5.91 Å². The Bertz CT molecular complexity index is 495. The molecule has 0 saturated heterocycles. The van der Waals surface area contributed by atoms with Gasteiger partial charge in [-0.3, -0.25) is 4.79 Å². The number of hydrogen-bond acceptors (Lipinski definition) is 5. The van der Waals surface area contributed by atoms with Crippen molar-refractivity contribution in [3.8, 4) is 0 Å². The van der Waals surface area contributed by atoms with Crippen molar-refractivity contribution in [2.24, 2.45) is 5.92 Å². The van der Waals surface area contributed by atoms with Crippen LogP contribution in [0.25, 0.3) is 0 Å². The molecule has 0 aliphatic rings. The minimum atomic E-state index is -1.17. The lowest BCUT2D eigenvalue weighted by molar-refractivity contribution is -0.311. The Labute approximate surface area is 116 Å². The minimum Gasteiger partial charge on any atom is -0.550 e. The normalized spacial score (nSPS) is 11.5. The van der Waals surface area contributed by atoms with Crippen molar-refractivity contribution >= 4 is 23.5 Å². The predicted molar refractivity (Wildman–Crippen MR) is 69.8 cm³/mol. The molecule has 0 saturated carbocycles. The second kappa shape index (κ2) is 7.28. The first-order valence-corrected chi connectivity index (χ1v) is 6.13. The second-order valence-corrected chi connectivity index (χ2v) is 4.38. The van der Waals surface area contributed by atoms with Crippen LogP contribution in [-0.2, 0) is 14.3 Å². The largest absolute Gasteiger partial charge is 0.550 e. The molecule has 1 aromatic rings. The molecule has 6 heteroatoms. The van der Waals surface area contributed by atoms with E-state index in [4.69, 9.17) is 0 Å². The first kappa shape index (κ1) is 15.7. The lowest BCUT2D eigenvalue weighted by Crippen LogP contribution is -2.30. The van der Waals surface area contributed by atoms with E-state index in [0.29, 0.717) is 11.3 Å². The maximum Gasteiger partial charge on any atom is 0.337 e. The number of esters is 1. The van der Waals surface area contributed by atoms with E-state index < -0.39 is 17.9 Å². The molecule has 1 rings (SSSR count). The summed E-state index contributed by atoms with van der Waals surface area (Å²) in [7, 11) is 1.29. The summed E-state index contributed by atoms with van der Waals surface area (Å²) in [6.07, 6.45) is 0.308. The Balaban J connectivity index is 2.50. The van der Waals surface area contributed by atoms with Crippen molar-refractivity contribution in [1.29, 1.82) is 0 Å². The zero-order chi connectivity index (χ0) is 15.1. The summed E-state index contributed by atoms with van der Waals surface area (Å²) in [6, 6.07) is 6.22. The summed E-state index contributed by atoms with van der Waals surface area (Å²) < 4.78 is 4.56. The highest BCUT2D eigenvalue weighted by molar-refractivity contribution is 5.93. The molecule has 0 spiro atoms. The number of benzene rings is 1. The average molecular weight is 278 g/mol. The number of methoxy groups -OCH3 is 1. The van der Waals surface area contributed by atoms with Crippen LogP contribution in [-0.4, -0.2) is 25.0 Å². The second-order valence-electron chi connectivity index (χ2n) is 4.38. The number of amides is 1. The summed E-state index contributed by atoms with van der Waals surface area (Å²) >= 11 is 0. The fourth-order valence-electron chi connectivity index (χ4n) is 1.50. The van der Waals surface area contributed by atoms with Crippen molar-refractivity contribution in [2.75, 3.05) is 12.4 Å². The number of ether oxygens (including phenoxy) is 1. The number of carboxylic acid groups (broad SMARTS) is 1. The average Bonchev–Trinajstić information content (AvgIpc) is 2.44. The van der Waals surface area contributed by atoms with Gasteiger partial charge in [0.05, 0.1) is 12.7 Å². The van der Waals surface area contributed by atoms with E-state index in [1.165, 1.54) is 26.2 Å². The fraction of sp³-hybridized carbons (Fsp3) is 0.357. The molecule has 1 atom stereocenters. The number of anilines is 1. The van der Waals surface area contributed by atoms with Gasteiger partial charge < -0.3 is 20.0 Å². The maximum absolute atomic E-state index is 11.6. The molecule has 0 bridgehead atoms. The lowest BCUT2D eigenvalue weighted by Gasteiger charge is -2.12. The Morgan fingerprint density at radius 3 is 2.35 bits per heavy atom. The van der Waals surface area contributed by atoms with Crippen molar-refractivity contribution in [2.45, 2.75) is 19.8 Å². The third-order valence-corrected chi connectivity index (χ3v) is 2.80. The molecular weight excluding hydrogens is 262 g/mol. The fourth-order valence-corrected chi connectivity index (χ4v) is 1.50. The van der Waals surface area contributed by atoms with Crippen LogP contribution in [0.15, 0.2) is 24.3 Å². The van der Waals surface area contributed by atoms with E-state index in [-0.39, 0.29) is 18.7 Å². The van der Waals surface area contributed by atoms with Crippen LogP contribution < -0.4 is 10.4 Å². The van der Waals surface area contributed by atoms with E-state index >= 15 is 0 Å². The summed E-state index contributed by atoms with van der Waals surface area (Å²) in [6.45, 7) is 1.49. The molecule has 0 heterocycles. The third kappa shape index (κ3) is 4.72. The van der Waals surface area contributed by atoms with Crippen LogP contribution in [0.1, 0.15) is 30.1 Å². The smallest absolute Gasteiger partial charge is 0.337 e. The molecule has 0 aromatic heterocycles. The number of nitrogens with one attached hydrogen (secondary N) is 1. The van der Waals surface area contributed by atoms with Crippen LogP contribution in [0.2, 0.25) is 0 Å². The minimum absolute atomic E-state index is 0.0912. The number of carbonyl (C=O) groups excluding carboxylic acids is 3. The topological polar surface area (TPSA) is 95.5 Å². The standard InChI is InChI=1S/C14H17NO5/c1-9(13(17)18)3-8-12(16)15-11-6-4-10(5-7-11)14(19)20-2/h4-7,9H,3,8H2,1-2H3,(H,15,16)(H,17,18)/p-1. The van der Waals surface area contributed by atoms with Crippen molar-refractivity contribution in [3.05, 3.63) is 29.8 Å². The van der Waals surface area contributed by atoms with Gasteiger partial charge in [0, 0.05) is 18.1 Å². The monoisotopic (exact) mass is 278 g/mol. The number of hydrogen-bond donors (Lipinski definition) is 1. The lowest BCUT2D eigenvalue weighted by atomic mass is 10.1. The van der Waals surface area contributed by atoms with Gasteiger partial charge in [-0.1, -0.05) is 6.92 Å². The van der Waals surface area contributed by atoms with Crippen molar-refractivity contribution in [3.63, 3.8) is 0 Å². The third-order valence-electron chi connectivity index (χ3n) is 2.80. The molecule has 6 nitrogen and oxygen atoms in total. The highest BCUT2D eigenvalue weighted by atomic mass is 16.5. The van der Waals surface area contributed by atoms with E-state index in [1.807, 2.05) is 0 Å². The van der Waals surface area contributed by atoms with Gasteiger partial charge in [-0.15, -0.1) is 0 Å². The number of rotatable bonds is 6. The Hall–Kier alpha value is -2.37. The molecule has 20 heavy (non-hydrogen) atoms. The van der Waals surface area contributed by atoms with E-state index in [1.54, 1.807) is 12.1 Å². The highest BCUT2D eigenvalue weighted by Gasteiger charge is 2.09. The Morgan fingerprint density at radius 1 is 1.25 bits per heavy atom. The van der Waals surface area contributed by atoms with Gasteiger partial charge >= 0.3 is 5.97 Å². The summed E-state index contributed by atoms with van der Waals surface area (Å²) in [4.78, 5) is 33.3. The first-order chi connectivity index (χ1) is 9.43. The molecule has 1 aromatic carbocycles. The van der Waals surface area contributed by atoms with Gasteiger partial charge in [0.1, 0.15) is 0 Å². The quantitative estimate of drug-likeness (QED) is 0.768. The number of aliphatic carboxylic acids is 1. The molecule has 0 aliphatic heterocycles. The van der Waals surface area contributed by atoms with Gasteiger partial charge in [0.25, 0.3) is 0 Å². The number of carbonyl (C=O) groups is 3. The summed E-state index contributed by atoms with van der Waals surface area (Å²) in [5, 5.41) is 13.1. The molecule has 1 unspecified atom stereocenters. The SMILES string of the molecule is COC(=O)c1ccc(NC(=O)CCC(C)C(=O)[O-])cc1. The molecule has 0 aliphatic carbocycles. The van der Waals surface area contributed by atoms with Crippen LogP contribution in [0, 0.1) is 5.92 Å². The molecule has 1 amide bonds. The Morgan fingerprint density at radius 2 is 1.85 bits per heavy atom. The van der Waals surface area contributed by atoms with Crippen molar-refractivity contribution in [1.82, 2.24) is 0 Å². The van der Waals surface area contributed by atoms with E-state index in [9.17, 15) is 19.5 Å². The molecule has 0 fully saturated rings. The molecule has 0 radical (unpaired) electrons. The zero-order valence-corrected chi connectivity index (χ0v) is 11.3. The van der Waals surface area contributed by atoms with E-state index in [0.717, 1.165) is 0 Å². The molecule has 1 N–H and O–H groups in total. The maximum atomic E-state index is 11.6. The summed E-state index contributed by atoms with van der Waals surface area (Å²) in [5.74, 6) is -2.57. The van der Waals surface area contributed by atoms with Crippen LogP contribution in [0.4, 0.5) is 5.69 Å². The predicted octanol–water partition coefficient (Wildman–Crippen LogP) is 0.578. The van der Waals surface area contributed by atoms with Gasteiger partial charge in [-0.05, 0) is 36.6 Å². The zero-order valence-electron chi connectivity index (χ0n) is 11.3. The highest BCUT2D eigenvalue weighted by Crippen LogP contribution is 2.12. The first-order valence-electron chi connectivity index (χ1n) is 6.13. The van der Waals surface area contributed by atoms with Crippen LogP contribution >= 0.6 is 0 Å². The van der Waals surface area contributed by atoms with Gasteiger partial charge in [-0.25, -0.2) is 4.79 Å². The van der Waals surface area contributed by atoms with Gasteiger partial charge in [0.15, 0.2) is 0 Å². The molecular formula is C14H16NO5-. The van der Waals surface area contributed by atoms with E-state index in [2.05, 4.69) is 10.1 Å². The Kier molecular flexibility index (Phi) is 5.71. The van der Waals surface area contributed by atoms with Crippen LogP contribution in [0.3, 0.4) is 0 Å².